The zero-order chi connectivity index (χ0) is 22.8. The molecule has 0 aliphatic heterocycles. The van der Waals surface area contributed by atoms with Gasteiger partial charge in [-0.15, -0.1) is 0 Å². The van der Waals surface area contributed by atoms with Crippen molar-refractivity contribution in [1.82, 2.24) is 5.32 Å². The van der Waals surface area contributed by atoms with Crippen LogP contribution in [0.2, 0.25) is 0 Å². The highest BCUT2D eigenvalue weighted by atomic mass is 16.6. The van der Waals surface area contributed by atoms with Crippen LogP contribution in [0.15, 0.2) is 48.2 Å². The van der Waals surface area contributed by atoms with Gasteiger partial charge in [0.2, 0.25) is 0 Å². The first kappa shape index (κ1) is 23.0. The quantitative estimate of drug-likeness (QED) is 0.195. The van der Waals surface area contributed by atoms with E-state index in [1.54, 1.807) is 20.3 Å². The van der Waals surface area contributed by atoms with Crippen molar-refractivity contribution >= 4 is 17.3 Å². The Kier molecular flexibility index (Phi) is 8.22. The monoisotopic (exact) mass is 426 g/mol. The number of nitrogens with zero attached hydrogens (tertiary/aromatic N) is 2. The lowest BCUT2D eigenvalue weighted by Crippen LogP contribution is -2.18. The van der Waals surface area contributed by atoms with Crippen LogP contribution in [0.3, 0.4) is 0 Å². The van der Waals surface area contributed by atoms with Crippen LogP contribution in [0, 0.1) is 21.4 Å². The lowest BCUT2D eigenvalue weighted by molar-refractivity contribution is -0.384. The molecule has 0 saturated heterocycles. The molecule has 0 bridgehead atoms. The Balaban J connectivity index is 2.00. The Bertz CT molecular complexity index is 1030. The summed E-state index contributed by atoms with van der Waals surface area (Å²) in [6, 6.07) is 11.1. The smallest absolute Gasteiger partial charge is 0.273 e. The summed E-state index contributed by atoms with van der Waals surface area (Å²) in [4.78, 5) is 22.7. The predicted octanol–water partition coefficient (Wildman–Crippen LogP) is 2.80. The molecule has 31 heavy (non-hydrogen) atoms. The van der Waals surface area contributed by atoms with Crippen LogP contribution in [0.1, 0.15) is 5.56 Å². The molecule has 0 aliphatic rings. The van der Waals surface area contributed by atoms with Crippen molar-refractivity contribution in [1.29, 1.82) is 5.26 Å². The van der Waals surface area contributed by atoms with Gasteiger partial charge in [0.05, 0.1) is 38.0 Å². The second-order valence-corrected chi connectivity index (χ2v) is 6.16. The molecule has 10 nitrogen and oxygen atoms in total. The fraction of sp³-hybridized carbons (Fsp3) is 0.238. The highest BCUT2D eigenvalue weighted by Crippen LogP contribution is 2.29. The molecule has 0 heterocycles. The molecule has 0 spiro atoms. The molecule has 0 fully saturated rings. The molecular formula is C21H22N4O6. The van der Waals surface area contributed by atoms with Gasteiger partial charge >= 0.3 is 0 Å². The lowest BCUT2D eigenvalue weighted by atomic mass is 10.1. The van der Waals surface area contributed by atoms with Crippen LogP contribution < -0.4 is 24.8 Å². The van der Waals surface area contributed by atoms with Gasteiger partial charge in [-0.05, 0) is 30.2 Å². The summed E-state index contributed by atoms with van der Waals surface area (Å²) in [5.41, 5.74) is 0.858. The minimum Gasteiger partial charge on any atom is -0.494 e. The molecule has 0 unspecified atom stereocenters. The number of amides is 1. The van der Waals surface area contributed by atoms with E-state index in [0.29, 0.717) is 24.5 Å². The number of benzene rings is 2. The number of carbonyl (C=O) groups is 1. The molecule has 162 valence electrons. The number of hydrogen-bond acceptors (Lipinski definition) is 8. The van der Waals surface area contributed by atoms with Gasteiger partial charge in [-0.2, -0.15) is 5.26 Å². The van der Waals surface area contributed by atoms with Gasteiger partial charge in [0.25, 0.3) is 11.6 Å². The van der Waals surface area contributed by atoms with Crippen LogP contribution in [-0.4, -0.2) is 38.7 Å². The molecule has 0 aromatic heterocycles. The second-order valence-electron chi connectivity index (χ2n) is 6.16. The van der Waals surface area contributed by atoms with Gasteiger partial charge in [0, 0.05) is 18.8 Å². The molecule has 0 aliphatic carbocycles. The van der Waals surface area contributed by atoms with Crippen molar-refractivity contribution in [2.45, 2.75) is 6.42 Å². The molecule has 2 aromatic rings. The van der Waals surface area contributed by atoms with Crippen LogP contribution >= 0.6 is 0 Å². The summed E-state index contributed by atoms with van der Waals surface area (Å²) in [5, 5.41) is 25.6. The molecule has 2 rings (SSSR count). The van der Waals surface area contributed by atoms with E-state index in [-0.39, 0.29) is 22.7 Å². The summed E-state index contributed by atoms with van der Waals surface area (Å²) < 4.78 is 15.5. The fourth-order valence-corrected chi connectivity index (χ4v) is 2.66. The van der Waals surface area contributed by atoms with Gasteiger partial charge in [0.1, 0.15) is 17.4 Å². The number of nitriles is 1. The molecule has 0 atom stereocenters. The third kappa shape index (κ3) is 6.11. The van der Waals surface area contributed by atoms with Gasteiger partial charge < -0.3 is 24.8 Å². The first-order chi connectivity index (χ1) is 14.9. The van der Waals surface area contributed by atoms with Gasteiger partial charge in [-0.1, -0.05) is 6.07 Å². The number of nitro groups is 1. The van der Waals surface area contributed by atoms with E-state index in [4.69, 9.17) is 14.2 Å². The standard InChI is InChI=1S/C21H22N4O6/c1-29-18-7-4-14(10-20(18)31-3)8-9-23-13-15(12-22)21(26)24-17-6-5-16(25(27)28)11-19(17)30-2/h4-7,10-11,13,23H,8-9H2,1-3H3,(H,24,26)/b15-13-. The Morgan fingerprint density at radius 1 is 1.10 bits per heavy atom. The molecule has 0 radical (unpaired) electrons. The van der Waals surface area contributed by atoms with Crippen molar-refractivity contribution in [3.05, 3.63) is 63.8 Å². The summed E-state index contributed by atoms with van der Waals surface area (Å²) in [6.45, 7) is 0.467. The molecule has 10 heteroatoms. The zero-order valence-electron chi connectivity index (χ0n) is 17.3. The second kappa shape index (κ2) is 11.1. The van der Waals surface area contributed by atoms with Crippen molar-refractivity contribution in [3.8, 4) is 23.3 Å². The topological polar surface area (TPSA) is 136 Å². The van der Waals surface area contributed by atoms with Crippen molar-refractivity contribution in [3.63, 3.8) is 0 Å². The van der Waals surface area contributed by atoms with Crippen LogP contribution in [-0.2, 0) is 11.2 Å². The van der Waals surface area contributed by atoms with E-state index in [1.807, 2.05) is 18.2 Å². The number of nitrogens with one attached hydrogen (secondary N) is 2. The minimum absolute atomic E-state index is 0.112. The molecular weight excluding hydrogens is 404 g/mol. The van der Waals surface area contributed by atoms with E-state index in [0.717, 1.165) is 5.56 Å². The third-order valence-corrected chi connectivity index (χ3v) is 4.26. The van der Waals surface area contributed by atoms with Crippen LogP contribution in [0.4, 0.5) is 11.4 Å². The van der Waals surface area contributed by atoms with Gasteiger partial charge in [-0.25, -0.2) is 0 Å². The number of hydrogen-bond donors (Lipinski definition) is 2. The first-order valence-corrected chi connectivity index (χ1v) is 9.11. The Labute approximate surface area is 179 Å². The number of non-ortho nitro benzene ring substituents is 1. The van der Waals surface area contributed by atoms with Crippen molar-refractivity contribution in [2.24, 2.45) is 0 Å². The summed E-state index contributed by atoms with van der Waals surface area (Å²) >= 11 is 0. The first-order valence-electron chi connectivity index (χ1n) is 9.11. The normalized spacial score (nSPS) is 10.6. The van der Waals surface area contributed by atoms with E-state index in [9.17, 15) is 20.2 Å². The number of ether oxygens (including phenoxy) is 3. The molecule has 0 saturated carbocycles. The Morgan fingerprint density at radius 2 is 1.81 bits per heavy atom. The van der Waals surface area contributed by atoms with Gasteiger partial charge in [0.15, 0.2) is 11.5 Å². The Morgan fingerprint density at radius 3 is 2.42 bits per heavy atom. The number of rotatable bonds is 10. The maximum atomic E-state index is 12.4. The number of anilines is 1. The fourth-order valence-electron chi connectivity index (χ4n) is 2.66. The SMILES string of the molecule is COc1cc([N+](=O)[O-])ccc1NC(=O)/C(C#N)=C\NCCc1ccc(OC)c(OC)c1. The number of nitro benzene ring substituents is 1. The van der Waals surface area contributed by atoms with Crippen molar-refractivity contribution < 1.29 is 23.9 Å². The minimum atomic E-state index is -0.673. The average molecular weight is 426 g/mol. The zero-order valence-corrected chi connectivity index (χ0v) is 17.3. The summed E-state index contributed by atoms with van der Waals surface area (Å²) in [6.07, 6.45) is 1.93. The van der Waals surface area contributed by atoms with E-state index >= 15 is 0 Å². The maximum absolute atomic E-state index is 12.4. The third-order valence-electron chi connectivity index (χ3n) is 4.26. The largest absolute Gasteiger partial charge is 0.494 e. The summed E-state index contributed by atoms with van der Waals surface area (Å²) in [7, 11) is 4.44. The number of methoxy groups -OCH3 is 3. The molecule has 2 N–H and O–H groups in total. The number of carbonyl (C=O) groups excluding carboxylic acids is 1. The van der Waals surface area contributed by atoms with Gasteiger partial charge in [-0.3, -0.25) is 14.9 Å². The van der Waals surface area contributed by atoms with E-state index in [1.165, 1.54) is 31.5 Å². The van der Waals surface area contributed by atoms with Crippen LogP contribution in [0.25, 0.3) is 0 Å². The maximum Gasteiger partial charge on any atom is 0.273 e. The van der Waals surface area contributed by atoms with E-state index in [2.05, 4.69) is 10.6 Å². The Hall–Kier alpha value is -4.26. The summed E-state index contributed by atoms with van der Waals surface area (Å²) in [5.74, 6) is 0.684. The van der Waals surface area contributed by atoms with Crippen LogP contribution in [0.5, 0.6) is 17.2 Å². The average Bonchev–Trinajstić information content (AvgIpc) is 2.78. The molecule has 1 amide bonds. The van der Waals surface area contributed by atoms with Crippen molar-refractivity contribution in [2.75, 3.05) is 33.2 Å². The highest BCUT2D eigenvalue weighted by molar-refractivity contribution is 6.07. The van der Waals surface area contributed by atoms with E-state index < -0.39 is 10.8 Å². The molecule has 2 aromatic carbocycles. The lowest BCUT2D eigenvalue weighted by Gasteiger charge is -2.10. The highest BCUT2D eigenvalue weighted by Gasteiger charge is 2.15. The predicted molar refractivity (Wildman–Crippen MR) is 113 cm³/mol.